The summed E-state index contributed by atoms with van der Waals surface area (Å²) in [5.41, 5.74) is 1.58. The van der Waals surface area contributed by atoms with Crippen LogP contribution in [0.4, 0.5) is 0 Å². The van der Waals surface area contributed by atoms with E-state index in [4.69, 9.17) is 0 Å². The normalized spacial score (nSPS) is 36.1. The molecule has 0 aromatic rings. The maximum Gasteiger partial charge on any atom is -0.0295 e. The lowest BCUT2D eigenvalue weighted by Gasteiger charge is -2.23. The second-order valence-electron chi connectivity index (χ2n) is 3.44. The van der Waals surface area contributed by atoms with Crippen LogP contribution in [0.15, 0.2) is 11.6 Å². The van der Waals surface area contributed by atoms with Crippen LogP contribution in [-0.2, 0) is 0 Å². The van der Waals surface area contributed by atoms with E-state index < -0.39 is 0 Å². The van der Waals surface area contributed by atoms with E-state index >= 15 is 0 Å². The van der Waals surface area contributed by atoms with Gasteiger partial charge in [0.25, 0.3) is 0 Å². The van der Waals surface area contributed by atoms with Gasteiger partial charge in [-0.05, 0) is 31.6 Å². The second kappa shape index (κ2) is 2.55. The van der Waals surface area contributed by atoms with Crippen LogP contribution in [0.25, 0.3) is 0 Å². The molecular weight excluding hydrogens is 108 g/mol. The van der Waals surface area contributed by atoms with Crippen molar-refractivity contribution in [2.45, 2.75) is 33.6 Å². The van der Waals surface area contributed by atoms with Gasteiger partial charge in [-0.2, -0.15) is 0 Å². The van der Waals surface area contributed by atoms with Crippen molar-refractivity contribution in [3.63, 3.8) is 0 Å². The van der Waals surface area contributed by atoms with E-state index in [9.17, 15) is 0 Å². The average molecular weight is 124 g/mol. The summed E-state index contributed by atoms with van der Waals surface area (Å²) in [6.07, 6.45) is 5.00. The molecule has 0 saturated carbocycles. The highest BCUT2D eigenvalue weighted by atomic mass is 14.2. The third kappa shape index (κ3) is 1.57. The maximum absolute atomic E-state index is 2.38. The highest BCUT2D eigenvalue weighted by Crippen LogP contribution is 2.27. The van der Waals surface area contributed by atoms with Gasteiger partial charge in [-0.25, -0.2) is 0 Å². The molecular formula is C9H16. The van der Waals surface area contributed by atoms with Gasteiger partial charge in [0, 0.05) is 0 Å². The molecule has 0 saturated heterocycles. The van der Waals surface area contributed by atoms with Gasteiger partial charge in [-0.1, -0.05) is 25.5 Å². The van der Waals surface area contributed by atoms with Crippen LogP contribution in [0, 0.1) is 11.8 Å². The highest BCUT2D eigenvalue weighted by molar-refractivity contribution is 5.04. The van der Waals surface area contributed by atoms with Gasteiger partial charge in [0.1, 0.15) is 0 Å². The number of allylic oxidation sites excluding steroid dienone is 2. The summed E-state index contributed by atoms with van der Waals surface area (Å²) in [6.45, 7) is 6.93. The van der Waals surface area contributed by atoms with Crippen molar-refractivity contribution in [3.8, 4) is 0 Å². The fraction of sp³-hybridized carbons (Fsp3) is 0.778. The fourth-order valence-electron chi connectivity index (χ4n) is 1.41. The molecule has 0 nitrogen and oxygen atoms in total. The van der Waals surface area contributed by atoms with E-state index in [1.807, 2.05) is 0 Å². The Morgan fingerprint density at radius 3 is 2.44 bits per heavy atom. The maximum atomic E-state index is 2.38. The SMILES string of the molecule is CC1=CCC(C)C(C)C1. The number of rotatable bonds is 0. The molecule has 0 heterocycles. The van der Waals surface area contributed by atoms with Crippen LogP contribution in [0.1, 0.15) is 33.6 Å². The van der Waals surface area contributed by atoms with Crippen molar-refractivity contribution in [3.05, 3.63) is 11.6 Å². The van der Waals surface area contributed by atoms with Crippen LogP contribution in [0.3, 0.4) is 0 Å². The molecule has 0 N–H and O–H groups in total. The predicted molar refractivity (Wildman–Crippen MR) is 41.3 cm³/mol. The molecule has 0 aliphatic heterocycles. The number of hydrogen-bond acceptors (Lipinski definition) is 0. The molecule has 1 aliphatic carbocycles. The zero-order valence-corrected chi connectivity index (χ0v) is 6.65. The van der Waals surface area contributed by atoms with Crippen molar-refractivity contribution in [2.24, 2.45) is 11.8 Å². The third-order valence-corrected chi connectivity index (χ3v) is 2.45. The molecule has 0 heteroatoms. The highest BCUT2D eigenvalue weighted by Gasteiger charge is 2.15. The quantitative estimate of drug-likeness (QED) is 0.435. The average Bonchev–Trinajstić information content (AvgIpc) is 1.80. The largest absolute Gasteiger partial charge is 0.0853 e. The molecule has 0 amide bonds. The first-order valence-corrected chi connectivity index (χ1v) is 3.86. The van der Waals surface area contributed by atoms with Crippen LogP contribution in [0.5, 0.6) is 0 Å². The van der Waals surface area contributed by atoms with Crippen molar-refractivity contribution in [2.75, 3.05) is 0 Å². The van der Waals surface area contributed by atoms with Gasteiger partial charge < -0.3 is 0 Å². The van der Waals surface area contributed by atoms with Gasteiger partial charge in [-0.15, -0.1) is 0 Å². The number of hydrogen-bond donors (Lipinski definition) is 0. The van der Waals surface area contributed by atoms with Crippen molar-refractivity contribution < 1.29 is 0 Å². The van der Waals surface area contributed by atoms with Crippen molar-refractivity contribution in [1.82, 2.24) is 0 Å². The Balaban J connectivity index is 2.54. The van der Waals surface area contributed by atoms with Crippen LogP contribution in [-0.4, -0.2) is 0 Å². The Morgan fingerprint density at radius 1 is 1.33 bits per heavy atom. The van der Waals surface area contributed by atoms with Gasteiger partial charge in [0.2, 0.25) is 0 Å². The minimum Gasteiger partial charge on any atom is -0.0853 e. The Hall–Kier alpha value is -0.260. The molecule has 0 fully saturated rings. The van der Waals surface area contributed by atoms with E-state index in [0.29, 0.717) is 0 Å². The summed E-state index contributed by atoms with van der Waals surface area (Å²) >= 11 is 0. The summed E-state index contributed by atoms with van der Waals surface area (Å²) in [4.78, 5) is 0. The fourth-order valence-corrected chi connectivity index (χ4v) is 1.41. The molecule has 0 spiro atoms. The van der Waals surface area contributed by atoms with Crippen LogP contribution < -0.4 is 0 Å². The summed E-state index contributed by atoms with van der Waals surface area (Å²) in [5, 5.41) is 0. The first-order valence-electron chi connectivity index (χ1n) is 3.86. The van der Waals surface area contributed by atoms with Gasteiger partial charge in [0.15, 0.2) is 0 Å². The summed E-state index contributed by atoms with van der Waals surface area (Å²) in [6, 6.07) is 0. The minimum atomic E-state index is 0.911. The molecule has 2 atom stereocenters. The molecule has 0 aromatic heterocycles. The molecule has 1 aliphatic rings. The van der Waals surface area contributed by atoms with Gasteiger partial charge in [0.05, 0.1) is 0 Å². The van der Waals surface area contributed by atoms with E-state index in [-0.39, 0.29) is 0 Å². The zero-order chi connectivity index (χ0) is 6.85. The zero-order valence-electron chi connectivity index (χ0n) is 6.65. The lowest BCUT2D eigenvalue weighted by atomic mass is 9.83. The lowest BCUT2D eigenvalue weighted by molar-refractivity contribution is 0.369. The molecule has 1 rings (SSSR count). The Kier molecular flexibility index (Phi) is 1.94. The summed E-state index contributed by atoms with van der Waals surface area (Å²) < 4.78 is 0. The molecule has 0 aromatic carbocycles. The van der Waals surface area contributed by atoms with Crippen molar-refractivity contribution in [1.29, 1.82) is 0 Å². The molecule has 0 radical (unpaired) electrons. The molecule has 9 heavy (non-hydrogen) atoms. The smallest absolute Gasteiger partial charge is 0.0295 e. The van der Waals surface area contributed by atoms with E-state index in [0.717, 1.165) is 11.8 Å². The molecule has 0 bridgehead atoms. The van der Waals surface area contributed by atoms with Crippen LogP contribution >= 0.6 is 0 Å². The first-order chi connectivity index (χ1) is 4.20. The third-order valence-electron chi connectivity index (χ3n) is 2.45. The second-order valence-corrected chi connectivity index (χ2v) is 3.44. The molecule has 2 unspecified atom stereocenters. The van der Waals surface area contributed by atoms with E-state index in [1.54, 1.807) is 5.57 Å². The Labute approximate surface area is 58.0 Å². The summed E-state index contributed by atoms with van der Waals surface area (Å²) in [5.74, 6) is 1.82. The minimum absolute atomic E-state index is 0.911. The predicted octanol–water partition coefficient (Wildman–Crippen LogP) is 3.00. The molecule has 52 valence electrons. The standard InChI is InChI=1S/C9H16/c1-7-4-5-8(2)9(3)6-7/h4,8-9H,5-6H2,1-3H3. The van der Waals surface area contributed by atoms with Crippen molar-refractivity contribution >= 4 is 0 Å². The van der Waals surface area contributed by atoms with Crippen LogP contribution in [0.2, 0.25) is 0 Å². The van der Waals surface area contributed by atoms with Gasteiger partial charge >= 0.3 is 0 Å². The monoisotopic (exact) mass is 124 g/mol. The van der Waals surface area contributed by atoms with E-state index in [1.165, 1.54) is 12.8 Å². The summed E-state index contributed by atoms with van der Waals surface area (Å²) in [7, 11) is 0. The topological polar surface area (TPSA) is 0 Å². The first kappa shape index (κ1) is 6.85. The lowest BCUT2D eigenvalue weighted by Crippen LogP contribution is -2.11. The Morgan fingerprint density at radius 2 is 2.00 bits per heavy atom. The van der Waals surface area contributed by atoms with Gasteiger partial charge in [-0.3, -0.25) is 0 Å². The Bertz CT molecular complexity index is 122. The van der Waals surface area contributed by atoms with E-state index in [2.05, 4.69) is 26.8 Å².